The maximum absolute atomic E-state index is 13.2. The number of benzene rings is 2. The Labute approximate surface area is 480 Å². The van der Waals surface area contributed by atoms with E-state index in [-0.39, 0.29) is 56.6 Å². The summed E-state index contributed by atoms with van der Waals surface area (Å²) in [6.07, 6.45) is 6.00. The summed E-state index contributed by atoms with van der Waals surface area (Å²) < 4.78 is 6.61. The number of carboxylic acid groups (broad SMARTS) is 3. The van der Waals surface area contributed by atoms with E-state index in [1.807, 2.05) is 17.0 Å². The number of likely N-dealkylation sites (tertiary alicyclic amines) is 1. The number of amides is 2. The highest BCUT2D eigenvalue weighted by Crippen LogP contribution is 2.37. The quantitative estimate of drug-likeness (QED) is 0.0603. The number of carboxylic acids is 3. The SMILES string of the molecule is [C-]#[N+]C[C@H]1CN(c2nc(OC[C@@H]3CCCN3CCCN3CCN(CCCNC(=O)CN4CCN(CC(=O)O)CCN(CC(=O)O)CCN(CC(=O)O)CC4)CC3)nc3c2CCN(c2cccc4cccc(Cl)c24)C3)CCN1C(=O)C=C. The van der Waals surface area contributed by atoms with Crippen molar-refractivity contribution in [2.45, 2.75) is 50.7 Å². The van der Waals surface area contributed by atoms with E-state index >= 15 is 0 Å². The van der Waals surface area contributed by atoms with Gasteiger partial charge in [-0.25, -0.2) is 6.57 Å². The Morgan fingerprint density at radius 3 is 1.90 bits per heavy atom. The number of rotatable bonds is 23. The van der Waals surface area contributed by atoms with Crippen molar-refractivity contribution in [3.63, 3.8) is 0 Å². The number of carbonyl (C=O) groups is 5. The van der Waals surface area contributed by atoms with Crippen LogP contribution in [-0.4, -0.2) is 283 Å². The first-order valence-corrected chi connectivity index (χ1v) is 29.1. The molecular formula is C57H81ClN14O9. The van der Waals surface area contributed by atoms with Gasteiger partial charge in [-0.1, -0.05) is 42.4 Å². The fourth-order valence-corrected chi connectivity index (χ4v) is 12.3. The minimum absolute atomic E-state index is 0.0946. The molecule has 24 heteroatoms. The van der Waals surface area contributed by atoms with Crippen LogP contribution in [0.25, 0.3) is 15.6 Å². The van der Waals surface area contributed by atoms with Gasteiger partial charge in [0.15, 0.2) is 0 Å². The molecule has 0 unspecified atom stereocenters. The molecular weight excluding hydrogens is 1060 g/mol. The number of halogens is 1. The van der Waals surface area contributed by atoms with E-state index in [0.717, 1.165) is 118 Å². The molecule has 4 N–H and O–H groups in total. The molecule has 4 fully saturated rings. The van der Waals surface area contributed by atoms with Gasteiger partial charge in [0.1, 0.15) is 18.5 Å². The van der Waals surface area contributed by atoms with Gasteiger partial charge < -0.3 is 54.7 Å². The standard InChI is InChI=1S/C57H81ClN14O9/c1-3-51(74)72-34-33-71(36-45(72)35-59-2)56-46-14-20-70(49-13-5-10-43-9-4-12-47(58)55(43)49)37-48(46)61-57(62-56)81-42-44-11-6-18-69(44)19-8-17-64-23-21-63(22-24-64)16-7-15-60-50(73)38-65-25-27-66(39-52(75)76)29-31-68(41-54(79)80)32-30-67(28-26-65)40-53(77)78/h3-5,9-10,12-13,44-45H,1,6-8,11,14-42H2,(H,60,73)(H,75,76)(H,77,78)(H,79,80)/t44-,45-/m0/s1. The molecule has 4 saturated heterocycles. The van der Waals surface area contributed by atoms with Crippen LogP contribution in [0.15, 0.2) is 49.1 Å². The summed E-state index contributed by atoms with van der Waals surface area (Å²) >= 11 is 6.82. The zero-order chi connectivity index (χ0) is 57.3. The van der Waals surface area contributed by atoms with E-state index < -0.39 is 17.9 Å². The maximum atomic E-state index is 13.2. The van der Waals surface area contributed by atoms with E-state index in [9.17, 15) is 39.3 Å². The van der Waals surface area contributed by atoms with E-state index in [1.54, 1.807) is 19.6 Å². The number of anilines is 2. The van der Waals surface area contributed by atoms with Gasteiger partial charge in [0.2, 0.25) is 18.4 Å². The Kier molecular flexibility index (Phi) is 22.7. The monoisotopic (exact) mass is 1140 g/mol. The fourth-order valence-electron chi connectivity index (χ4n) is 12.0. The zero-order valence-corrected chi connectivity index (χ0v) is 47.5. The van der Waals surface area contributed by atoms with Crippen LogP contribution < -0.4 is 19.9 Å². The minimum Gasteiger partial charge on any atom is -0.480 e. The molecule has 5 aliphatic heterocycles. The smallest absolute Gasteiger partial charge is 0.318 e. The first-order chi connectivity index (χ1) is 39.2. The summed E-state index contributed by atoms with van der Waals surface area (Å²) in [6, 6.07) is 12.5. The molecule has 0 bridgehead atoms. The second-order valence-corrected chi connectivity index (χ2v) is 22.3. The lowest BCUT2D eigenvalue weighted by Crippen LogP contribution is -2.56. The summed E-state index contributed by atoms with van der Waals surface area (Å²) in [4.78, 5) is 95.8. The van der Waals surface area contributed by atoms with Crippen molar-refractivity contribution in [1.82, 2.24) is 54.5 Å². The molecule has 23 nitrogen and oxygen atoms in total. The van der Waals surface area contributed by atoms with Gasteiger partial charge in [-0.15, -0.1) is 0 Å². The van der Waals surface area contributed by atoms with Crippen LogP contribution in [0.2, 0.25) is 5.02 Å². The third-order valence-corrected chi connectivity index (χ3v) is 16.7. The van der Waals surface area contributed by atoms with Gasteiger partial charge >= 0.3 is 23.9 Å². The lowest BCUT2D eigenvalue weighted by atomic mass is 10.0. The predicted molar refractivity (Wildman–Crippen MR) is 309 cm³/mol. The molecule has 1 aromatic heterocycles. The van der Waals surface area contributed by atoms with Crippen molar-refractivity contribution in [3.05, 3.63) is 76.8 Å². The van der Waals surface area contributed by atoms with Crippen LogP contribution >= 0.6 is 11.6 Å². The molecule has 8 rings (SSSR count). The average molecular weight is 1140 g/mol. The number of hydrogen-bond acceptors (Lipinski definition) is 17. The van der Waals surface area contributed by atoms with Gasteiger partial charge in [0.25, 0.3) is 0 Å². The molecule has 0 spiro atoms. The Morgan fingerprint density at radius 2 is 1.30 bits per heavy atom. The highest BCUT2D eigenvalue weighted by Gasteiger charge is 2.36. The molecule has 440 valence electrons. The van der Waals surface area contributed by atoms with E-state index in [1.165, 1.54) is 6.08 Å². The Morgan fingerprint density at radius 1 is 0.704 bits per heavy atom. The maximum Gasteiger partial charge on any atom is 0.318 e. The van der Waals surface area contributed by atoms with Crippen molar-refractivity contribution < 1.29 is 44.0 Å². The number of carbonyl (C=O) groups excluding carboxylic acids is 2. The third-order valence-electron chi connectivity index (χ3n) is 16.4. The number of nitrogens with one attached hydrogen (secondary N) is 1. The van der Waals surface area contributed by atoms with Crippen molar-refractivity contribution in [1.29, 1.82) is 0 Å². The predicted octanol–water partition coefficient (Wildman–Crippen LogP) is 1.80. The highest BCUT2D eigenvalue weighted by molar-refractivity contribution is 6.36. The Balaban J connectivity index is 0.789. The lowest BCUT2D eigenvalue weighted by Gasteiger charge is -2.41. The molecule has 2 aromatic carbocycles. The summed E-state index contributed by atoms with van der Waals surface area (Å²) in [5.41, 5.74) is 3.03. The van der Waals surface area contributed by atoms with Crippen LogP contribution in [0, 0.1) is 6.57 Å². The molecule has 5 aliphatic rings. The number of aliphatic carboxylic acids is 3. The van der Waals surface area contributed by atoms with Crippen molar-refractivity contribution >= 4 is 63.6 Å². The van der Waals surface area contributed by atoms with Crippen LogP contribution in [0.1, 0.15) is 36.9 Å². The minimum atomic E-state index is -1.01. The lowest BCUT2D eigenvalue weighted by molar-refractivity contribution is -0.140. The van der Waals surface area contributed by atoms with E-state index in [0.29, 0.717) is 109 Å². The molecule has 81 heavy (non-hydrogen) atoms. The van der Waals surface area contributed by atoms with Crippen molar-refractivity contribution in [2.24, 2.45) is 0 Å². The van der Waals surface area contributed by atoms with Gasteiger partial charge in [-0.3, -0.25) is 48.5 Å². The largest absolute Gasteiger partial charge is 0.480 e. The second-order valence-electron chi connectivity index (χ2n) is 21.9. The molecule has 6 heterocycles. The molecule has 0 saturated carbocycles. The summed E-state index contributed by atoms with van der Waals surface area (Å²) in [7, 11) is 0. The van der Waals surface area contributed by atoms with Crippen molar-refractivity contribution in [3.8, 4) is 6.01 Å². The molecule has 0 aliphatic carbocycles. The first-order valence-electron chi connectivity index (χ1n) is 28.7. The zero-order valence-electron chi connectivity index (χ0n) is 46.7. The Bertz CT molecular complexity index is 2650. The first kappa shape index (κ1) is 60.9. The van der Waals surface area contributed by atoms with Gasteiger partial charge in [0, 0.05) is 134 Å². The average Bonchev–Trinajstić information content (AvgIpc) is 3.91. The third kappa shape index (κ3) is 17.6. The summed E-state index contributed by atoms with van der Waals surface area (Å²) in [6.45, 7) is 25.3. The number of aromatic nitrogens is 2. The van der Waals surface area contributed by atoms with Crippen molar-refractivity contribution in [2.75, 3.05) is 187 Å². The van der Waals surface area contributed by atoms with Crippen LogP contribution in [0.5, 0.6) is 6.01 Å². The second kappa shape index (κ2) is 30.2. The van der Waals surface area contributed by atoms with Gasteiger partial charge in [0.05, 0.1) is 43.4 Å². The number of ether oxygens (including phenoxy) is 1. The number of nitrogens with zero attached hydrogens (tertiary/aromatic N) is 13. The summed E-state index contributed by atoms with van der Waals surface area (Å²) in [5.74, 6) is -2.49. The van der Waals surface area contributed by atoms with E-state index in [4.69, 9.17) is 32.9 Å². The van der Waals surface area contributed by atoms with Crippen LogP contribution in [0.3, 0.4) is 0 Å². The van der Waals surface area contributed by atoms with Gasteiger partial charge in [-0.2, -0.15) is 9.97 Å². The molecule has 2 atom stereocenters. The van der Waals surface area contributed by atoms with E-state index in [2.05, 4.69) is 65.5 Å². The number of piperazine rings is 2. The van der Waals surface area contributed by atoms with Gasteiger partial charge in [-0.05, 0) is 81.9 Å². The Hall–Kier alpha value is -6.23. The molecule has 3 aromatic rings. The van der Waals surface area contributed by atoms with Crippen LogP contribution in [-0.2, 0) is 36.9 Å². The number of fused-ring (bicyclic) bond motifs is 2. The molecule has 2 amide bonds. The topological polar surface area (TPSA) is 230 Å². The van der Waals surface area contributed by atoms with Crippen LogP contribution in [0.4, 0.5) is 11.5 Å². The molecule has 0 radical (unpaired) electrons. The highest BCUT2D eigenvalue weighted by atomic mass is 35.5. The fraction of sp³-hybridized carbons (Fsp3) is 0.614. The summed E-state index contributed by atoms with van der Waals surface area (Å²) in [5, 5.41) is 34.4. The normalized spacial score (nSPS) is 21.0. The number of hydrogen-bond donors (Lipinski definition) is 4.